The van der Waals surface area contributed by atoms with Crippen LogP contribution in [0.25, 0.3) is 22.2 Å². The van der Waals surface area contributed by atoms with Crippen LogP contribution in [0.5, 0.6) is 0 Å². The fraction of sp³-hybridized carbons (Fsp3) is 0.148. The van der Waals surface area contributed by atoms with Gasteiger partial charge in [-0.3, -0.25) is 9.78 Å². The second-order valence-corrected chi connectivity index (χ2v) is 8.38. The standard InChI is InChI=1S/C27H25N7O/c1-18(11-12-19-7-3-2-4-8-19)31-27(35)23-24-26(33-22-10-6-5-9-21(22)32-24)34(25(23)28)30-17-20-13-15-29-16-14-20/h2-10,13-18H,11-12,28H2,1H3,(H,31,35)/b30-17-/t18-/m0/s1. The number of nitrogens with two attached hydrogens (primary N) is 1. The minimum Gasteiger partial charge on any atom is -0.383 e. The molecule has 3 N–H and O–H groups in total. The number of hydrogen-bond acceptors (Lipinski definition) is 6. The third kappa shape index (κ3) is 4.72. The van der Waals surface area contributed by atoms with Gasteiger partial charge < -0.3 is 11.1 Å². The van der Waals surface area contributed by atoms with E-state index in [-0.39, 0.29) is 23.3 Å². The molecule has 0 unspecified atom stereocenters. The number of nitrogen functional groups attached to an aromatic ring is 1. The van der Waals surface area contributed by atoms with Crippen LogP contribution in [0, 0.1) is 0 Å². The van der Waals surface area contributed by atoms with Gasteiger partial charge in [-0.2, -0.15) is 9.78 Å². The summed E-state index contributed by atoms with van der Waals surface area (Å²) in [6.45, 7) is 1.99. The first-order chi connectivity index (χ1) is 17.1. The zero-order valence-electron chi connectivity index (χ0n) is 19.3. The zero-order chi connectivity index (χ0) is 24.2. The van der Waals surface area contributed by atoms with Gasteiger partial charge in [-0.1, -0.05) is 42.5 Å². The molecule has 1 amide bonds. The normalized spacial score (nSPS) is 12.4. The summed E-state index contributed by atoms with van der Waals surface area (Å²) in [6, 6.07) is 21.3. The Kier molecular flexibility index (Phi) is 6.17. The van der Waals surface area contributed by atoms with Gasteiger partial charge in [0.15, 0.2) is 5.65 Å². The van der Waals surface area contributed by atoms with Crippen molar-refractivity contribution in [2.45, 2.75) is 25.8 Å². The minimum absolute atomic E-state index is 0.0609. The molecule has 0 radical (unpaired) electrons. The lowest BCUT2D eigenvalue weighted by Crippen LogP contribution is -2.33. The number of aryl methyl sites for hydroxylation is 1. The van der Waals surface area contributed by atoms with Crippen LogP contribution in [0.4, 0.5) is 5.82 Å². The maximum atomic E-state index is 13.4. The summed E-state index contributed by atoms with van der Waals surface area (Å²) >= 11 is 0. The number of amides is 1. The number of para-hydroxylation sites is 2. The van der Waals surface area contributed by atoms with Crippen LogP contribution in [0.15, 0.2) is 84.2 Å². The zero-order valence-corrected chi connectivity index (χ0v) is 19.3. The molecule has 174 valence electrons. The van der Waals surface area contributed by atoms with Crippen molar-refractivity contribution in [1.29, 1.82) is 0 Å². The summed E-state index contributed by atoms with van der Waals surface area (Å²) < 4.78 is 1.47. The fourth-order valence-electron chi connectivity index (χ4n) is 3.96. The number of nitrogens with one attached hydrogen (secondary N) is 1. The number of fused-ring (bicyclic) bond motifs is 2. The lowest BCUT2D eigenvalue weighted by molar-refractivity contribution is 0.0940. The van der Waals surface area contributed by atoms with E-state index in [1.54, 1.807) is 18.6 Å². The number of carbonyl (C=O) groups excluding carboxylic acids is 1. The average Bonchev–Trinajstić information content (AvgIpc) is 3.16. The molecule has 3 aromatic heterocycles. The molecule has 0 saturated carbocycles. The van der Waals surface area contributed by atoms with Gasteiger partial charge in [-0.25, -0.2) is 9.97 Å². The Morgan fingerprint density at radius 1 is 1.03 bits per heavy atom. The Bertz CT molecular complexity index is 1510. The van der Waals surface area contributed by atoms with Crippen molar-refractivity contribution in [2.24, 2.45) is 5.10 Å². The van der Waals surface area contributed by atoms with Gasteiger partial charge in [0.1, 0.15) is 16.9 Å². The summed E-state index contributed by atoms with van der Waals surface area (Å²) in [4.78, 5) is 26.9. The highest BCUT2D eigenvalue weighted by Crippen LogP contribution is 2.28. The molecular formula is C27H25N7O. The van der Waals surface area contributed by atoms with Crippen LogP contribution >= 0.6 is 0 Å². The van der Waals surface area contributed by atoms with Crippen molar-refractivity contribution in [1.82, 2.24) is 24.9 Å². The van der Waals surface area contributed by atoms with Gasteiger partial charge in [-0.15, -0.1) is 0 Å². The number of benzene rings is 2. The van der Waals surface area contributed by atoms with Gasteiger partial charge >= 0.3 is 0 Å². The molecule has 8 heteroatoms. The van der Waals surface area contributed by atoms with E-state index in [2.05, 4.69) is 27.5 Å². The quantitative estimate of drug-likeness (QED) is 0.352. The van der Waals surface area contributed by atoms with E-state index in [4.69, 9.17) is 15.7 Å². The number of nitrogens with zero attached hydrogens (tertiary/aromatic N) is 5. The molecule has 5 aromatic rings. The molecule has 2 aromatic carbocycles. The van der Waals surface area contributed by atoms with Crippen molar-refractivity contribution in [2.75, 3.05) is 5.73 Å². The van der Waals surface area contributed by atoms with Crippen molar-refractivity contribution in [3.63, 3.8) is 0 Å². The summed E-state index contributed by atoms with van der Waals surface area (Å²) in [5, 5.41) is 7.60. The summed E-state index contributed by atoms with van der Waals surface area (Å²) in [6.07, 6.45) is 6.67. The predicted molar refractivity (Wildman–Crippen MR) is 138 cm³/mol. The molecule has 0 spiro atoms. The van der Waals surface area contributed by atoms with Gasteiger partial charge in [0, 0.05) is 18.4 Å². The number of carbonyl (C=O) groups is 1. The second-order valence-electron chi connectivity index (χ2n) is 8.38. The Labute approximate surface area is 202 Å². The Morgan fingerprint density at radius 2 is 1.71 bits per heavy atom. The number of aromatic nitrogens is 4. The average molecular weight is 464 g/mol. The molecule has 3 heterocycles. The van der Waals surface area contributed by atoms with E-state index in [1.165, 1.54) is 10.2 Å². The highest BCUT2D eigenvalue weighted by molar-refractivity contribution is 6.10. The number of rotatable bonds is 7. The van der Waals surface area contributed by atoms with E-state index < -0.39 is 0 Å². The molecule has 8 nitrogen and oxygen atoms in total. The number of pyridine rings is 1. The van der Waals surface area contributed by atoms with Crippen LogP contribution in [0.1, 0.15) is 34.8 Å². The van der Waals surface area contributed by atoms with Crippen molar-refractivity contribution in [3.05, 3.63) is 95.8 Å². The first-order valence-corrected chi connectivity index (χ1v) is 11.5. The topological polar surface area (TPSA) is 111 Å². The van der Waals surface area contributed by atoms with Crippen LogP contribution in [-0.2, 0) is 6.42 Å². The van der Waals surface area contributed by atoms with E-state index in [1.807, 2.05) is 61.5 Å². The molecular weight excluding hydrogens is 438 g/mol. The molecule has 0 aliphatic carbocycles. The third-order valence-electron chi connectivity index (χ3n) is 5.82. The first-order valence-electron chi connectivity index (χ1n) is 11.5. The molecule has 0 aliphatic heterocycles. The minimum atomic E-state index is -0.296. The molecule has 0 fully saturated rings. The van der Waals surface area contributed by atoms with E-state index in [0.29, 0.717) is 22.2 Å². The summed E-state index contributed by atoms with van der Waals surface area (Å²) in [7, 11) is 0. The highest BCUT2D eigenvalue weighted by atomic mass is 16.1. The number of hydrogen-bond donors (Lipinski definition) is 2. The Morgan fingerprint density at radius 3 is 2.46 bits per heavy atom. The molecule has 1 atom stereocenters. The van der Waals surface area contributed by atoms with Crippen LogP contribution < -0.4 is 11.1 Å². The van der Waals surface area contributed by atoms with Crippen LogP contribution in [-0.4, -0.2) is 37.8 Å². The fourth-order valence-corrected chi connectivity index (χ4v) is 3.96. The predicted octanol–water partition coefficient (Wildman–Crippen LogP) is 4.20. The van der Waals surface area contributed by atoms with Crippen LogP contribution in [0.3, 0.4) is 0 Å². The summed E-state index contributed by atoms with van der Waals surface area (Å²) in [5.74, 6) is -0.108. The maximum absolute atomic E-state index is 13.4. The lowest BCUT2D eigenvalue weighted by Gasteiger charge is -2.14. The van der Waals surface area contributed by atoms with Gasteiger partial charge in [0.05, 0.1) is 17.2 Å². The van der Waals surface area contributed by atoms with Crippen molar-refractivity contribution < 1.29 is 4.79 Å². The van der Waals surface area contributed by atoms with E-state index in [0.717, 1.165) is 18.4 Å². The first kappa shape index (κ1) is 22.2. The van der Waals surface area contributed by atoms with Gasteiger partial charge in [0.25, 0.3) is 5.91 Å². The SMILES string of the molecule is C[C@@H](CCc1ccccc1)NC(=O)c1c(N)n(/N=C\c2ccncc2)c2nc3ccccc3nc12. The highest BCUT2D eigenvalue weighted by Gasteiger charge is 2.25. The van der Waals surface area contributed by atoms with E-state index >= 15 is 0 Å². The molecule has 0 bridgehead atoms. The second kappa shape index (κ2) is 9.72. The third-order valence-corrected chi connectivity index (χ3v) is 5.82. The summed E-state index contributed by atoms with van der Waals surface area (Å²) in [5.41, 5.74) is 11.0. The lowest BCUT2D eigenvalue weighted by atomic mass is 10.1. The molecule has 5 rings (SSSR count). The molecule has 0 saturated heterocycles. The molecule has 0 aliphatic rings. The maximum Gasteiger partial charge on any atom is 0.257 e. The number of anilines is 1. The molecule has 35 heavy (non-hydrogen) atoms. The van der Waals surface area contributed by atoms with Crippen molar-refractivity contribution >= 4 is 40.1 Å². The monoisotopic (exact) mass is 463 g/mol. The smallest absolute Gasteiger partial charge is 0.257 e. The van der Waals surface area contributed by atoms with Crippen molar-refractivity contribution in [3.8, 4) is 0 Å². The Balaban J connectivity index is 1.50. The van der Waals surface area contributed by atoms with E-state index in [9.17, 15) is 4.79 Å². The Hall–Kier alpha value is -4.59. The van der Waals surface area contributed by atoms with Crippen LogP contribution in [0.2, 0.25) is 0 Å². The largest absolute Gasteiger partial charge is 0.383 e. The van der Waals surface area contributed by atoms with Gasteiger partial charge in [0.2, 0.25) is 0 Å². The van der Waals surface area contributed by atoms with Gasteiger partial charge in [-0.05, 0) is 55.2 Å².